The summed E-state index contributed by atoms with van der Waals surface area (Å²) in [5, 5.41) is 12.7. The van der Waals surface area contributed by atoms with Gasteiger partial charge in [0.15, 0.2) is 0 Å². The molecule has 0 radical (unpaired) electrons. The Labute approximate surface area is 86.8 Å². The quantitative estimate of drug-likeness (QED) is 0.797. The van der Waals surface area contributed by atoms with Gasteiger partial charge in [-0.3, -0.25) is 0 Å². The van der Waals surface area contributed by atoms with Crippen molar-refractivity contribution in [2.45, 2.75) is 6.42 Å². The zero-order valence-electron chi connectivity index (χ0n) is 8.00. The molecule has 1 aliphatic rings. The second-order valence-electron chi connectivity index (χ2n) is 3.14. The number of carboxylic acids is 1. The first-order valence-electron chi connectivity index (χ1n) is 4.59. The SMILES string of the molecule is O=C(O)c1cnn(C2=CC=CCC=C2)c1. The van der Waals surface area contributed by atoms with Crippen LogP contribution in [0.3, 0.4) is 0 Å². The van der Waals surface area contributed by atoms with Crippen LogP contribution in [0.4, 0.5) is 0 Å². The third-order valence-corrected chi connectivity index (χ3v) is 2.06. The van der Waals surface area contributed by atoms with Gasteiger partial charge < -0.3 is 5.11 Å². The number of aromatic nitrogens is 2. The van der Waals surface area contributed by atoms with Crippen LogP contribution in [-0.4, -0.2) is 20.9 Å². The molecule has 1 heterocycles. The Morgan fingerprint density at radius 3 is 3.07 bits per heavy atom. The summed E-state index contributed by atoms with van der Waals surface area (Å²) < 4.78 is 1.55. The smallest absolute Gasteiger partial charge is 0.338 e. The highest BCUT2D eigenvalue weighted by molar-refractivity contribution is 5.87. The van der Waals surface area contributed by atoms with Gasteiger partial charge in [-0.15, -0.1) is 0 Å². The first-order valence-corrected chi connectivity index (χ1v) is 4.59. The normalized spacial score (nSPS) is 14.8. The molecular weight excluding hydrogens is 192 g/mol. The molecule has 0 atom stereocenters. The second-order valence-corrected chi connectivity index (χ2v) is 3.14. The molecule has 76 valence electrons. The Hall–Kier alpha value is -2.10. The first kappa shape index (κ1) is 9.45. The minimum atomic E-state index is -0.963. The van der Waals surface area contributed by atoms with Gasteiger partial charge in [0.25, 0.3) is 0 Å². The van der Waals surface area contributed by atoms with Crippen molar-refractivity contribution in [1.82, 2.24) is 9.78 Å². The highest BCUT2D eigenvalue weighted by Crippen LogP contribution is 2.11. The van der Waals surface area contributed by atoms with Crippen molar-refractivity contribution in [1.29, 1.82) is 0 Å². The molecular formula is C11H10N2O2. The molecule has 0 aromatic carbocycles. The lowest BCUT2D eigenvalue weighted by Crippen LogP contribution is -1.96. The van der Waals surface area contributed by atoms with Crippen molar-refractivity contribution in [3.05, 3.63) is 48.3 Å². The minimum Gasteiger partial charge on any atom is -0.478 e. The van der Waals surface area contributed by atoms with Gasteiger partial charge in [0.2, 0.25) is 0 Å². The fraction of sp³-hybridized carbons (Fsp3) is 0.0909. The molecule has 4 nitrogen and oxygen atoms in total. The summed E-state index contributed by atoms with van der Waals surface area (Å²) >= 11 is 0. The average Bonchev–Trinajstić information content (AvgIpc) is 2.55. The van der Waals surface area contributed by atoms with Gasteiger partial charge in [0.05, 0.1) is 17.5 Å². The molecule has 1 aromatic heterocycles. The van der Waals surface area contributed by atoms with E-state index < -0.39 is 5.97 Å². The van der Waals surface area contributed by atoms with Crippen molar-refractivity contribution < 1.29 is 9.90 Å². The predicted molar refractivity (Wildman–Crippen MR) is 56.4 cm³/mol. The molecule has 1 aliphatic carbocycles. The number of nitrogens with zero attached hydrogens (tertiary/aromatic N) is 2. The molecule has 0 fully saturated rings. The van der Waals surface area contributed by atoms with E-state index in [4.69, 9.17) is 5.11 Å². The monoisotopic (exact) mass is 202 g/mol. The van der Waals surface area contributed by atoms with Crippen molar-refractivity contribution in [3.63, 3.8) is 0 Å². The van der Waals surface area contributed by atoms with Crippen LogP contribution in [0.2, 0.25) is 0 Å². The predicted octanol–water partition coefficient (Wildman–Crippen LogP) is 1.94. The van der Waals surface area contributed by atoms with Gasteiger partial charge in [0, 0.05) is 6.20 Å². The summed E-state index contributed by atoms with van der Waals surface area (Å²) in [6, 6.07) is 0. The van der Waals surface area contributed by atoms with E-state index in [9.17, 15) is 4.79 Å². The number of hydrogen-bond acceptors (Lipinski definition) is 2. The topological polar surface area (TPSA) is 55.1 Å². The summed E-state index contributed by atoms with van der Waals surface area (Å²) in [7, 11) is 0. The summed E-state index contributed by atoms with van der Waals surface area (Å²) in [6.07, 6.45) is 13.5. The molecule has 0 saturated carbocycles. The second kappa shape index (κ2) is 3.96. The van der Waals surface area contributed by atoms with Gasteiger partial charge in [-0.2, -0.15) is 5.10 Å². The van der Waals surface area contributed by atoms with Gasteiger partial charge in [-0.25, -0.2) is 9.48 Å². The van der Waals surface area contributed by atoms with Crippen molar-refractivity contribution in [3.8, 4) is 0 Å². The van der Waals surface area contributed by atoms with Gasteiger partial charge in [-0.1, -0.05) is 18.2 Å². The Kier molecular flexibility index (Phi) is 2.49. The zero-order chi connectivity index (χ0) is 10.7. The largest absolute Gasteiger partial charge is 0.478 e. The Bertz CT molecular complexity index is 467. The number of allylic oxidation sites excluding steroid dienone is 6. The van der Waals surface area contributed by atoms with E-state index >= 15 is 0 Å². The van der Waals surface area contributed by atoms with E-state index in [1.165, 1.54) is 12.4 Å². The zero-order valence-corrected chi connectivity index (χ0v) is 8.00. The Balaban J connectivity index is 2.33. The van der Waals surface area contributed by atoms with E-state index in [0.717, 1.165) is 12.1 Å². The van der Waals surface area contributed by atoms with Crippen LogP contribution < -0.4 is 0 Å². The number of carboxylic acid groups (broad SMARTS) is 1. The van der Waals surface area contributed by atoms with Crippen LogP contribution in [0.25, 0.3) is 5.70 Å². The molecule has 0 spiro atoms. The summed E-state index contributed by atoms with van der Waals surface area (Å²) in [5.41, 5.74) is 1.05. The fourth-order valence-corrected chi connectivity index (χ4v) is 1.30. The number of carbonyl (C=O) groups is 1. The third kappa shape index (κ3) is 2.04. The summed E-state index contributed by atoms with van der Waals surface area (Å²) in [5.74, 6) is -0.963. The maximum atomic E-state index is 10.7. The van der Waals surface area contributed by atoms with Crippen LogP contribution in [-0.2, 0) is 0 Å². The van der Waals surface area contributed by atoms with Crippen molar-refractivity contribution in [2.75, 3.05) is 0 Å². The lowest BCUT2D eigenvalue weighted by atomic mass is 10.3. The molecule has 15 heavy (non-hydrogen) atoms. The molecule has 0 unspecified atom stereocenters. The molecule has 4 heteroatoms. The summed E-state index contributed by atoms with van der Waals surface area (Å²) in [4.78, 5) is 10.7. The molecule has 0 amide bonds. The minimum absolute atomic E-state index is 0.192. The van der Waals surface area contributed by atoms with Crippen LogP contribution in [0.1, 0.15) is 16.8 Å². The van der Waals surface area contributed by atoms with Crippen molar-refractivity contribution >= 4 is 11.7 Å². The van der Waals surface area contributed by atoms with E-state index in [1.807, 2.05) is 30.4 Å². The van der Waals surface area contributed by atoms with Gasteiger partial charge in [-0.05, 0) is 18.6 Å². The lowest BCUT2D eigenvalue weighted by Gasteiger charge is -1.99. The van der Waals surface area contributed by atoms with E-state index in [0.29, 0.717) is 0 Å². The highest BCUT2D eigenvalue weighted by atomic mass is 16.4. The standard InChI is InChI=1S/C11H10N2O2/c14-11(15)9-7-12-13(8-9)10-5-3-1-2-4-6-10/h1,3-8H,2H2,(H,14,15). The lowest BCUT2D eigenvalue weighted by molar-refractivity contribution is 0.0697. The molecule has 0 saturated heterocycles. The molecule has 0 bridgehead atoms. The fourth-order valence-electron chi connectivity index (χ4n) is 1.30. The maximum absolute atomic E-state index is 10.7. The van der Waals surface area contributed by atoms with Crippen molar-refractivity contribution in [2.24, 2.45) is 0 Å². The van der Waals surface area contributed by atoms with Crippen LogP contribution >= 0.6 is 0 Å². The van der Waals surface area contributed by atoms with E-state index in [2.05, 4.69) is 5.10 Å². The van der Waals surface area contributed by atoms with E-state index in [1.54, 1.807) is 4.68 Å². The molecule has 1 aromatic rings. The number of aromatic carboxylic acids is 1. The summed E-state index contributed by atoms with van der Waals surface area (Å²) in [6.45, 7) is 0. The molecule has 0 aliphatic heterocycles. The Morgan fingerprint density at radius 1 is 1.47 bits per heavy atom. The van der Waals surface area contributed by atoms with Crippen LogP contribution in [0.15, 0.2) is 42.8 Å². The average molecular weight is 202 g/mol. The number of rotatable bonds is 2. The van der Waals surface area contributed by atoms with Crippen LogP contribution in [0, 0.1) is 0 Å². The maximum Gasteiger partial charge on any atom is 0.338 e. The van der Waals surface area contributed by atoms with Crippen LogP contribution in [0.5, 0.6) is 0 Å². The third-order valence-electron chi connectivity index (χ3n) is 2.06. The highest BCUT2D eigenvalue weighted by Gasteiger charge is 2.07. The Morgan fingerprint density at radius 2 is 2.33 bits per heavy atom. The van der Waals surface area contributed by atoms with Gasteiger partial charge in [0.1, 0.15) is 0 Å². The first-order chi connectivity index (χ1) is 7.27. The van der Waals surface area contributed by atoms with E-state index in [-0.39, 0.29) is 5.56 Å². The van der Waals surface area contributed by atoms with Gasteiger partial charge >= 0.3 is 5.97 Å². The number of hydrogen-bond donors (Lipinski definition) is 1. The molecule has 2 rings (SSSR count). The molecule has 1 N–H and O–H groups in total.